The van der Waals surface area contributed by atoms with Gasteiger partial charge in [0, 0.05) is 19.3 Å². The Hall–Kier alpha value is -2.37. The molecule has 368 valence electrons. The van der Waals surface area contributed by atoms with Gasteiger partial charge in [-0.25, -0.2) is 0 Å². The van der Waals surface area contributed by atoms with E-state index in [4.69, 9.17) is 14.2 Å². The molecule has 0 heterocycles. The van der Waals surface area contributed by atoms with E-state index in [9.17, 15) is 14.4 Å². The summed E-state index contributed by atoms with van der Waals surface area (Å²) in [5, 5.41) is 0. The van der Waals surface area contributed by atoms with Gasteiger partial charge in [0.15, 0.2) is 6.10 Å². The summed E-state index contributed by atoms with van der Waals surface area (Å²) in [5.41, 5.74) is 0. The highest BCUT2D eigenvalue weighted by Gasteiger charge is 2.19. The summed E-state index contributed by atoms with van der Waals surface area (Å²) in [6.07, 6.45) is 61.2. The van der Waals surface area contributed by atoms with Crippen LogP contribution in [-0.2, 0) is 28.6 Å². The maximum Gasteiger partial charge on any atom is 0.306 e. The molecule has 0 aromatic heterocycles. The van der Waals surface area contributed by atoms with Crippen molar-refractivity contribution in [3.63, 3.8) is 0 Å². The summed E-state index contributed by atoms with van der Waals surface area (Å²) in [4.78, 5) is 38.0. The van der Waals surface area contributed by atoms with Crippen molar-refractivity contribution in [2.24, 2.45) is 0 Å². The van der Waals surface area contributed by atoms with Gasteiger partial charge in [-0.2, -0.15) is 0 Å². The first-order valence-corrected chi connectivity index (χ1v) is 27.5. The lowest BCUT2D eigenvalue weighted by atomic mass is 10.0. The third-order valence-corrected chi connectivity index (χ3v) is 12.1. The van der Waals surface area contributed by atoms with Crippen LogP contribution < -0.4 is 0 Å². The number of unbranched alkanes of at least 4 members (excludes halogenated alkanes) is 33. The van der Waals surface area contributed by atoms with Crippen LogP contribution >= 0.6 is 0 Å². The fraction of sp³-hybridized carbons (Fsp3) is 0.842. The molecule has 0 aliphatic rings. The van der Waals surface area contributed by atoms with E-state index in [0.717, 1.165) is 83.5 Å². The van der Waals surface area contributed by atoms with Crippen LogP contribution in [0.5, 0.6) is 0 Å². The van der Waals surface area contributed by atoms with Crippen LogP contribution in [0.4, 0.5) is 0 Å². The number of allylic oxidation sites excluding steroid dienone is 6. The minimum Gasteiger partial charge on any atom is -0.462 e. The first kappa shape index (κ1) is 60.6. The quantitative estimate of drug-likeness (QED) is 0.0262. The summed E-state index contributed by atoms with van der Waals surface area (Å²) in [5.74, 6) is -0.881. The molecule has 0 aliphatic carbocycles. The molecule has 1 atom stereocenters. The van der Waals surface area contributed by atoms with Gasteiger partial charge in [0.1, 0.15) is 13.2 Å². The monoisotopic (exact) mass is 885 g/mol. The van der Waals surface area contributed by atoms with E-state index in [1.807, 2.05) is 0 Å². The van der Waals surface area contributed by atoms with Gasteiger partial charge in [-0.15, -0.1) is 0 Å². The van der Waals surface area contributed by atoms with Gasteiger partial charge in [0.05, 0.1) is 0 Å². The number of carbonyl (C=O) groups excluding carboxylic acids is 3. The average Bonchev–Trinajstić information content (AvgIpc) is 3.28. The summed E-state index contributed by atoms with van der Waals surface area (Å²) < 4.78 is 16.8. The Morgan fingerprint density at radius 2 is 0.571 bits per heavy atom. The lowest BCUT2D eigenvalue weighted by Gasteiger charge is -2.18. The van der Waals surface area contributed by atoms with Gasteiger partial charge in [0.25, 0.3) is 0 Å². The fourth-order valence-corrected chi connectivity index (χ4v) is 7.98. The van der Waals surface area contributed by atoms with Crippen molar-refractivity contribution < 1.29 is 28.6 Å². The van der Waals surface area contributed by atoms with E-state index >= 15 is 0 Å². The van der Waals surface area contributed by atoms with Gasteiger partial charge in [0.2, 0.25) is 0 Å². The lowest BCUT2D eigenvalue weighted by Crippen LogP contribution is -2.30. The van der Waals surface area contributed by atoms with E-state index in [1.54, 1.807) is 0 Å². The van der Waals surface area contributed by atoms with Crippen molar-refractivity contribution in [1.29, 1.82) is 0 Å². The Labute approximate surface area is 391 Å². The second-order valence-corrected chi connectivity index (χ2v) is 18.5. The maximum atomic E-state index is 12.8. The highest BCUT2D eigenvalue weighted by Crippen LogP contribution is 2.16. The Morgan fingerprint density at radius 1 is 0.317 bits per heavy atom. The van der Waals surface area contributed by atoms with E-state index in [0.29, 0.717) is 19.3 Å². The highest BCUT2D eigenvalue weighted by molar-refractivity contribution is 5.71. The Balaban J connectivity index is 4.38. The van der Waals surface area contributed by atoms with Crippen LogP contribution in [0.2, 0.25) is 0 Å². The van der Waals surface area contributed by atoms with E-state index in [2.05, 4.69) is 57.2 Å². The van der Waals surface area contributed by atoms with Crippen LogP contribution in [0.3, 0.4) is 0 Å². The molecule has 0 fully saturated rings. The number of hydrogen-bond acceptors (Lipinski definition) is 6. The predicted octanol–water partition coefficient (Wildman–Crippen LogP) is 18.1. The molecule has 0 rings (SSSR count). The second-order valence-electron chi connectivity index (χ2n) is 18.5. The van der Waals surface area contributed by atoms with E-state index < -0.39 is 6.10 Å². The zero-order chi connectivity index (χ0) is 45.8. The van der Waals surface area contributed by atoms with Crippen molar-refractivity contribution >= 4 is 17.9 Å². The number of esters is 3. The summed E-state index contributed by atoms with van der Waals surface area (Å²) in [6, 6.07) is 0. The first-order valence-electron chi connectivity index (χ1n) is 27.5. The van der Waals surface area contributed by atoms with Crippen molar-refractivity contribution in [1.82, 2.24) is 0 Å². The largest absolute Gasteiger partial charge is 0.462 e. The summed E-state index contributed by atoms with van der Waals surface area (Å²) in [6.45, 7) is 6.62. The molecule has 0 aromatic rings. The topological polar surface area (TPSA) is 78.9 Å². The number of rotatable bonds is 50. The molecule has 0 amide bonds. The summed E-state index contributed by atoms with van der Waals surface area (Å²) >= 11 is 0. The third kappa shape index (κ3) is 50.5. The Morgan fingerprint density at radius 3 is 0.921 bits per heavy atom. The normalized spacial score (nSPS) is 12.2. The van der Waals surface area contributed by atoms with Crippen molar-refractivity contribution in [2.75, 3.05) is 13.2 Å². The van der Waals surface area contributed by atoms with Crippen molar-refractivity contribution in [2.45, 2.75) is 297 Å². The summed E-state index contributed by atoms with van der Waals surface area (Å²) in [7, 11) is 0. The van der Waals surface area contributed by atoms with Gasteiger partial charge in [-0.3, -0.25) is 14.4 Å². The van der Waals surface area contributed by atoms with Crippen LogP contribution in [-0.4, -0.2) is 37.2 Å². The van der Waals surface area contributed by atoms with Gasteiger partial charge in [-0.05, 0) is 57.8 Å². The molecular weight excluding hydrogens is 781 g/mol. The molecule has 0 unspecified atom stereocenters. The van der Waals surface area contributed by atoms with Crippen LogP contribution in [0, 0.1) is 0 Å². The average molecular weight is 885 g/mol. The fourth-order valence-electron chi connectivity index (χ4n) is 7.98. The van der Waals surface area contributed by atoms with Crippen LogP contribution in [0.1, 0.15) is 290 Å². The number of ether oxygens (including phenoxy) is 3. The minimum absolute atomic E-state index is 0.0747. The molecular formula is C57H104O6. The molecule has 6 heteroatoms. The lowest BCUT2D eigenvalue weighted by molar-refractivity contribution is -0.167. The van der Waals surface area contributed by atoms with Gasteiger partial charge >= 0.3 is 17.9 Å². The number of hydrogen-bond donors (Lipinski definition) is 0. The molecule has 63 heavy (non-hydrogen) atoms. The highest BCUT2D eigenvalue weighted by atomic mass is 16.6. The molecule has 0 radical (unpaired) electrons. The molecule has 0 saturated heterocycles. The van der Waals surface area contributed by atoms with E-state index in [1.165, 1.54) is 167 Å². The Bertz CT molecular complexity index is 1060. The third-order valence-electron chi connectivity index (χ3n) is 12.1. The molecule has 0 aromatic carbocycles. The molecule has 0 spiro atoms. The Kier molecular flexibility index (Phi) is 50.3. The SMILES string of the molecule is CCCCC/C=C/C/C=C/C/C=C/CCCCCCC(=O)OC[C@@H](COC(=O)CCCCCCCCCCCCCCCC)OC(=O)CCCCCCCCCCCCCCCC. The number of carbonyl (C=O) groups is 3. The zero-order valence-corrected chi connectivity index (χ0v) is 42.1. The van der Waals surface area contributed by atoms with E-state index in [-0.39, 0.29) is 31.1 Å². The second kappa shape index (κ2) is 52.3. The maximum absolute atomic E-state index is 12.8. The smallest absolute Gasteiger partial charge is 0.306 e. The van der Waals surface area contributed by atoms with Gasteiger partial charge < -0.3 is 14.2 Å². The van der Waals surface area contributed by atoms with Crippen molar-refractivity contribution in [3.05, 3.63) is 36.5 Å². The molecule has 0 saturated carbocycles. The first-order chi connectivity index (χ1) is 31.0. The predicted molar refractivity (Wildman–Crippen MR) is 270 cm³/mol. The van der Waals surface area contributed by atoms with Crippen LogP contribution in [0.25, 0.3) is 0 Å². The molecule has 0 aliphatic heterocycles. The van der Waals surface area contributed by atoms with Crippen molar-refractivity contribution in [3.8, 4) is 0 Å². The van der Waals surface area contributed by atoms with Crippen LogP contribution in [0.15, 0.2) is 36.5 Å². The minimum atomic E-state index is -0.776. The molecule has 6 nitrogen and oxygen atoms in total. The molecule has 0 N–H and O–H groups in total. The van der Waals surface area contributed by atoms with Gasteiger partial charge in [-0.1, -0.05) is 250 Å². The molecule has 0 bridgehead atoms. The zero-order valence-electron chi connectivity index (χ0n) is 42.1. The standard InChI is InChI=1S/C57H104O6/c1-4-7-10-13-16-19-22-25-28-29-30-33-35-38-41-44-47-50-56(59)62-53-54(63-57(60)51-48-45-42-39-36-32-27-24-21-18-15-12-9-6-3)52-61-55(58)49-46-43-40-37-34-31-26-23-20-17-14-11-8-5-2/h16,19,25,28,30,33,54H,4-15,17-18,20-24,26-27,29,31-32,34-53H2,1-3H3/b19-16+,28-25+,33-30+/t54-/m1/s1.